The Morgan fingerprint density at radius 2 is 1.73 bits per heavy atom. The Hall–Kier alpha value is -4.44. The number of esters is 1. The lowest BCUT2D eigenvalue weighted by Crippen LogP contribution is -2.14. The van der Waals surface area contributed by atoms with Crippen LogP contribution in [0.15, 0.2) is 66.2 Å². The van der Waals surface area contributed by atoms with E-state index in [1.54, 1.807) is 12.1 Å². The fraction of sp³-hybridized carbons (Fsp3) is 0.115. The van der Waals surface area contributed by atoms with Crippen LogP contribution in [0.2, 0.25) is 0 Å². The van der Waals surface area contributed by atoms with Gasteiger partial charge < -0.3 is 14.8 Å². The number of carbonyl (C=O) groups excluding carboxylic acids is 2. The highest BCUT2D eigenvalue weighted by Gasteiger charge is 2.15. The number of methoxy groups -OCH3 is 1. The Bertz CT molecular complexity index is 1270. The Balaban J connectivity index is 1.80. The topological polar surface area (TPSA) is 88.4 Å². The highest BCUT2D eigenvalue weighted by atomic mass is 19.1. The van der Waals surface area contributed by atoms with Crippen LogP contribution in [-0.4, -0.2) is 19.0 Å². The first-order chi connectivity index (χ1) is 15.8. The van der Waals surface area contributed by atoms with Crippen LogP contribution in [0.5, 0.6) is 11.5 Å². The highest BCUT2D eigenvalue weighted by Crippen LogP contribution is 2.30. The van der Waals surface area contributed by atoms with Crippen molar-refractivity contribution < 1.29 is 23.5 Å². The van der Waals surface area contributed by atoms with E-state index in [0.717, 1.165) is 23.3 Å². The van der Waals surface area contributed by atoms with Crippen molar-refractivity contribution in [2.24, 2.45) is 0 Å². The summed E-state index contributed by atoms with van der Waals surface area (Å²) in [4.78, 5) is 24.9. The molecule has 0 radical (unpaired) electrons. The Morgan fingerprint density at radius 3 is 2.36 bits per heavy atom. The summed E-state index contributed by atoms with van der Waals surface area (Å²) in [5.41, 5.74) is 3.14. The van der Waals surface area contributed by atoms with Crippen LogP contribution >= 0.6 is 0 Å². The van der Waals surface area contributed by atoms with Gasteiger partial charge in [0.15, 0.2) is 11.5 Å². The van der Waals surface area contributed by atoms with E-state index < -0.39 is 17.7 Å². The molecular formula is C26H21FN2O4. The van der Waals surface area contributed by atoms with Crippen LogP contribution in [0.1, 0.15) is 27.0 Å². The molecule has 0 bridgehead atoms. The van der Waals surface area contributed by atoms with Gasteiger partial charge in [-0.25, -0.2) is 9.18 Å². The molecule has 1 N–H and O–H groups in total. The van der Waals surface area contributed by atoms with Crippen LogP contribution in [0.25, 0.3) is 6.08 Å². The molecule has 0 aromatic heterocycles. The van der Waals surface area contributed by atoms with Gasteiger partial charge in [0.1, 0.15) is 17.5 Å². The first-order valence-corrected chi connectivity index (χ1v) is 9.97. The summed E-state index contributed by atoms with van der Waals surface area (Å²) in [7, 11) is 1.40. The predicted molar refractivity (Wildman–Crippen MR) is 122 cm³/mol. The molecule has 7 heteroatoms. The van der Waals surface area contributed by atoms with Gasteiger partial charge in [-0.05, 0) is 73.5 Å². The molecular weight excluding hydrogens is 423 g/mol. The van der Waals surface area contributed by atoms with Crippen LogP contribution in [0, 0.1) is 31.0 Å². The van der Waals surface area contributed by atoms with E-state index in [1.807, 2.05) is 32.0 Å². The second kappa shape index (κ2) is 10.2. The van der Waals surface area contributed by atoms with Crippen LogP contribution in [0.4, 0.5) is 10.1 Å². The average molecular weight is 444 g/mol. The molecule has 0 aliphatic rings. The van der Waals surface area contributed by atoms with E-state index in [0.29, 0.717) is 11.3 Å². The number of benzene rings is 3. The van der Waals surface area contributed by atoms with E-state index in [9.17, 15) is 19.2 Å². The molecule has 33 heavy (non-hydrogen) atoms. The number of carbonyl (C=O) groups is 2. The number of nitriles is 1. The zero-order valence-corrected chi connectivity index (χ0v) is 18.3. The summed E-state index contributed by atoms with van der Waals surface area (Å²) < 4.78 is 23.7. The Morgan fingerprint density at radius 1 is 1.00 bits per heavy atom. The third-order valence-electron chi connectivity index (χ3n) is 4.78. The van der Waals surface area contributed by atoms with Crippen molar-refractivity contribution in [1.82, 2.24) is 0 Å². The minimum atomic E-state index is -0.679. The molecule has 0 atom stereocenters. The lowest BCUT2D eigenvalue weighted by Gasteiger charge is -2.11. The van der Waals surface area contributed by atoms with E-state index in [4.69, 9.17) is 9.47 Å². The van der Waals surface area contributed by atoms with Gasteiger partial charge in [-0.15, -0.1) is 0 Å². The zero-order chi connectivity index (χ0) is 24.0. The van der Waals surface area contributed by atoms with Gasteiger partial charge in [0.2, 0.25) is 0 Å². The maximum atomic E-state index is 13.1. The number of nitrogens with one attached hydrogen (secondary N) is 1. The smallest absolute Gasteiger partial charge is 0.343 e. The molecule has 0 saturated carbocycles. The van der Waals surface area contributed by atoms with Crippen molar-refractivity contribution in [2.45, 2.75) is 13.8 Å². The van der Waals surface area contributed by atoms with Crippen molar-refractivity contribution in [3.63, 3.8) is 0 Å². The molecule has 0 saturated heterocycles. The maximum absolute atomic E-state index is 13.1. The molecule has 0 aliphatic carbocycles. The number of hydrogen-bond donors (Lipinski definition) is 1. The Labute approximate surface area is 190 Å². The number of nitrogens with zero attached hydrogens (tertiary/aromatic N) is 1. The van der Waals surface area contributed by atoms with E-state index in [-0.39, 0.29) is 22.6 Å². The van der Waals surface area contributed by atoms with Gasteiger partial charge in [0.25, 0.3) is 5.91 Å². The molecule has 1 amide bonds. The summed E-state index contributed by atoms with van der Waals surface area (Å²) in [6, 6.07) is 17.0. The molecule has 0 fully saturated rings. The van der Waals surface area contributed by atoms with Gasteiger partial charge in [0.05, 0.1) is 12.7 Å². The minimum absolute atomic E-state index is 0.104. The molecule has 0 unspecified atom stereocenters. The third-order valence-corrected chi connectivity index (χ3v) is 4.78. The first kappa shape index (κ1) is 23.2. The third kappa shape index (κ3) is 5.83. The van der Waals surface area contributed by atoms with Crippen molar-refractivity contribution in [3.05, 3.63) is 94.3 Å². The number of amides is 1. The van der Waals surface area contributed by atoms with Crippen LogP contribution < -0.4 is 14.8 Å². The molecule has 3 rings (SSSR count). The normalized spacial score (nSPS) is 10.8. The number of anilines is 1. The van der Waals surface area contributed by atoms with Gasteiger partial charge >= 0.3 is 5.97 Å². The lowest BCUT2D eigenvalue weighted by molar-refractivity contribution is -0.112. The standard InChI is InChI=1S/C26H21FN2O4/c1-16-4-10-22(17(2)12-16)29-25(30)20(15-28)13-18-5-11-23(24(14-18)32-3)33-26(31)19-6-8-21(27)9-7-19/h4-14H,1-3H3,(H,29,30)/b20-13+. The van der Waals surface area contributed by atoms with Gasteiger partial charge in [-0.1, -0.05) is 23.8 Å². The highest BCUT2D eigenvalue weighted by molar-refractivity contribution is 6.10. The molecule has 0 heterocycles. The summed E-state index contributed by atoms with van der Waals surface area (Å²) in [5.74, 6) is -1.32. The fourth-order valence-electron chi connectivity index (χ4n) is 3.06. The largest absolute Gasteiger partial charge is 0.493 e. The number of rotatable bonds is 6. The van der Waals surface area contributed by atoms with Crippen LogP contribution in [0.3, 0.4) is 0 Å². The maximum Gasteiger partial charge on any atom is 0.343 e. The fourth-order valence-corrected chi connectivity index (χ4v) is 3.06. The second-order valence-electron chi connectivity index (χ2n) is 7.25. The Kier molecular flexibility index (Phi) is 7.21. The SMILES string of the molecule is COc1cc(/C=C(\C#N)C(=O)Nc2ccc(C)cc2C)ccc1OC(=O)c1ccc(F)cc1. The van der Waals surface area contributed by atoms with E-state index in [1.165, 1.54) is 37.5 Å². The number of aryl methyl sites for hydroxylation is 2. The van der Waals surface area contributed by atoms with Crippen molar-refractivity contribution in [2.75, 3.05) is 12.4 Å². The first-order valence-electron chi connectivity index (χ1n) is 9.97. The lowest BCUT2D eigenvalue weighted by atomic mass is 10.1. The van der Waals surface area contributed by atoms with Gasteiger partial charge in [-0.2, -0.15) is 5.26 Å². The van der Waals surface area contributed by atoms with Crippen molar-refractivity contribution >= 4 is 23.6 Å². The van der Waals surface area contributed by atoms with E-state index >= 15 is 0 Å². The molecule has 3 aromatic carbocycles. The molecule has 3 aromatic rings. The summed E-state index contributed by atoms with van der Waals surface area (Å²) in [6.07, 6.45) is 1.41. The van der Waals surface area contributed by atoms with Crippen molar-refractivity contribution in [3.8, 4) is 17.6 Å². The van der Waals surface area contributed by atoms with Gasteiger partial charge in [-0.3, -0.25) is 4.79 Å². The quantitative estimate of drug-likeness (QED) is 0.244. The summed E-state index contributed by atoms with van der Waals surface area (Å²) in [6.45, 7) is 3.82. The zero-order valence-electron chi connectivity index (χ0n) is 18.3. The molecule has 166 valence electrons. The molecule has 6 nitrogen and oxygen atoms in total. The van der Waals surface area contributed by atoms with E-state index in [2.05, 4.69) is 5.32 Å². The average Bonchev–Trinajstić information content (AvgIpc) is 2.80. The minimum Gasteiger partial charge on any atom is -0.493 e. The predicted octanol–water partition coefficient (Wildman–Crippen LogP) is 5.22. The number of ether oxygens (including phenoxy) is 2. The monoisotopic (exact) mass is 444 g/mol. The molecule has 0 aliphatic heterocycles. The van der Waals surface area contributed by atoms with Crippen molar-refractivity contribution in [1.29, 1.82) is 5.26 Å². The van der Waals surface area contributed by atoms with Gasteiger partial charge in [0, 0.05) is 5.69 Å². The summed E-state index contributed by atoms with van der Waals surface area (Å²) >= 11 is 0. The second-order valence-corrected chi connectivity index (χ2v) is 7.25. The summed E-state index contributed by atoms with van der Waals surface area (Å²) in [5, 5.41) is 12.2. The molecule has 0 spiro atoms. The number of halogens is 1. The van der Waals surface area contributed by atoms with Crippen LogP contribution in [-0.2, 0) is 4.79 Å². The number of hydrogen-bond acceptors (Lipinski definition) is 5.